The molecule has 0 radical (unpaired) electrons. The third-order valence-corrected chi connectivity index (χ3v) is 0.940. The Balaban J connectivity index is 0. The summed E-state index contributed by atoms with van der Waals surface area (Å²) < 4.78 is 0. The van der Waals surface area contributed by atoms with Crippen LogP contribution in [0.15, 0.2) is 30.3 Å². The molecule has 2 heteroatoms. The summed E-state index contributed by atoms with van der Waals surface area (Å²) in [4.78, 5) is 0. The van der Waals surface area contributed by atoms with Crippen molar-refractivity contribution in [3.8, 4) is 0 Å². The molecule has 2 nitrogen and oxygen atoms in total. The van der Waals surface area contributed by atoms with E-state index in [1.807, 2.05) is 18.2 Å². The number of hydrogen-bond donors (Lipinski definition) is 2. The van der Waals surface area contributed by atoms with E-state index in [2.05, 4.69) is 19.1 Å². The standard InChI is InChI=1S/C7H8.C2H6O.H3N/c1-7-5-3-2-4-6-7;1-2-3;/h2-6H,1H3;3H,2H2,1H3;1H3. The van der Waals surface area contributed by atoms with Crippen molar-refractivity contribution in [3.63, 3.8) is 0 Å². The second-order valence-electron chi connectivity index (χ2n) is 1.97. The summed E-state index contributed by atoms with van der Waals surface area (Å²) in [6.07, 6.45) is 0. The van der Waals surface area contributed by atoms with E-state index in [1.54, 1.807) is 6.92 Å². The van der Waals surface area contributed by atoms with Crippen molar-refractivity contribution in [1.29, 1.82) is 0 Å². The highest BCUT2D eigenvalue weighted by Crippen LogP contribution is 1.92. The Morgan fingerprint density at radius 3 is 1.73 bits per heavy atom. The van der Waals surface area contributed by atoms with E-state index in [-0.39, 0.29) is 12.8 Å². The van der Waals surface area contributed by atoms with Gasteiger partial charge in [-0.15, -0.1) is 0 Å². The number of benzene rings is 1. The molecule has 0 aromatic heterocycles. The maximum Gasteiger partial charge on any atom is 0.0402 e. The molecular formula is C9H17NO. The van der Waals surface area contributed by atoms with Crippen LogP contribution >= 0.6 is 0 Å². The Labute approximate surface area is 68.5 Å². The first-order chi connectivity index (χ1) is 4.81. The third-order valence-electron chi connectivity index (χ3n) is 0.940. The van der Waals surface area contributed by atoms with Crippen molar-refractivity contribution >= 4 is 0 Å². The molecule has 1 aromatic carbocycles. The second kappa shape index (κ2) is 9.14. The number of aliphatic hydroxyl groups is 1. The van der Waals surface area contributed by atoms with Gasteiger partial charge >= 0.3 is 0 Å². The molecule has 64 valence electrons. The largest absolute Gasteiger partial charge is 0.397 e. The maximum absolute atomic E-state index is 7.57. The smallest absolute Gasteiger partial charge is 0.0402 e. The lowest BCUT2D eigenvalue weighted by Crippen LogP contribution is -1.62. The van der Waals surface area contributed by atoms with Crippen molar-refractivity contribution in [3.05, 3.63) is 35.9 Å². The summed E-state index contributed by atoms with van der Waals surface area (Å²) in [5.74, 6) is 0. The number of aryl methyl sites for hydroxylation is 1. The molecule has 0 aliphatic heterocycles. The quantitative estimate of drug-likeness (QED) is 0.603. The molecule has 0 unspecified atom stereocenters. The van der Waals surface area contributed by atoms with Crippen LogP contribution in [0, 0.1) is 6.92 Å². The predicted octanol–water partition coefficient (Wildman–Crippen LogP) is 2.16. The summed E-state index contributed by atoms with van der Waals surface area (Å²) in [6, 6.07) is 10.3. The van der Waals surface area contributed by atoms with E-state index < -0.39 is 0 Å². The van der Waals surface area contributed by atoms with Crippen LogP contribution in [-0.4, -0.2) is 11.7 Å². The highest BCUT2D eigenvalue weighted by atomic mass is 16.2. The van der Waals surface area contributed by atoms with Crippen LogP contribution in [0.2, 0.25) is 0 Å². The highest BCUT2D eigenvalue weighted by molar-refractivity contribution is 5.11. The molecule has 1 rings (SSSR count). The molecule has 1 aromatic rings. The SMILES string of the molecule is CCO.Cc1ccccc1.N. The Kier molecular flexibility index (Phi) is 10.6. The molecule has 0 saturated heterocycles. The van der Waals surface area contributed by atoms with Crippen LogP contribution in [0.5, 0.6) is 0 Å². The topological polar surface area (TPSA) is 55.2 Å². The van der Waals surface area contributed by atoms with Gasteiger partial charge in [-0.05, 0) is 13.8 Å². The van der Waals surface area contributed by atoms with Crippen LogP contribution < -0.4 is 6.15 Å². The Bertz CT molecular complexity index is 151. The zero-order chi connectivity index (χ0) is 7.82. The third kappa shape index (κ3) is 9.14. The predicted molar refractivity (Wildman–Crippen MR) is 49.0 cm³/mol. The molecule has 0 spiro atoms. The zero-order valence-electron chi connectivity index (χ0n) is 7.25. The minimum absolute atomic E-state index is 0. The lowest BCUT2D eigenvalue weighted by atomic mass is 10.2. The van der Waals surface area contributed by atoms with Crippen molar-refractivity contribution in [2.75, 3.05) is 6.61 Å². The van der Waals surface area contributed by atoms with Gasteiger partial charge in [0.25, 0.3) is 0 Å². The summed E-state index contributed by atoms with van der Waals surface area (Å²) >= 11 is 0. The number of rotatable bonds is 0. The fourth-order valence-corrected chi connectivity index (χ4v) is 0.534. The lowest BCUT2D eigenvalue weighted by molar-refractivity contribution is 0.318. The van der Waals surface area contributed by atoms with Gasteiger partial charge in [0.15, 0.2) is 0 Å². The van der Waals surface area contributed by atoms with E-state index in [0.717, 1.165) is 0 Å². The van der Waals surface area contributed by atoms with Gasteiger partial charge in [-0.3, -0.25) is 0 Å². The van der Waals surface area contributed by atoms with Crippen LogP contribution in [0.4, 0.5) is 0 Å². The first kappa shape index (κ1) is 12.8. The van der Waals surface area contributed by atoms with E-state index in [9.17, 15) is 0 Å². The Morgan fingerprint density at radius 2 is 1.55 bits per heavy atom. The average molecular weight is 155 g/mol. The van der Waals surface area contributed by atoms with Crippen LogP contribution in [0.3, 0.4) is 0 Å². The molecule has 4 N–H and O–H groups in total. The molecule has 0 bridgehead atoms. The van der Waals surface area contributed by atoms with Crippen molar-refractivity contribution in [2.24, 2.45) is 0 Å². The first-order valence-electron chi connectivity index (χ1n) is 3.43. The van der Waals surface area contributed by atoms with Gasteiger partial charge in [-0.1, -0.05) is 35.9 Å². The normalized spacial score (nSPS) is 7.18. The van der Waals surface area contributed by atoms with Gasteiger partial charge in [-0.25, -0.2) is 0 Å². The van der Waals surface area contributed by atoms with Gasteiger partial charge in [0.2, 0.25) is 0 Å². The van der Waals surface area contributed by atoms with Crippen molar-refractivity contribution < 1.29 is 5.11 Å². The van der Waals surface area contributed by atoms with E-state index >= 15 is 0 Å². The van der Waals surface area contributed by atoms with Crippen LogP contribution in [0.1, 0.15) is 12.5 Å². The molecule has 0 saturated carbocycles. The fraction of sp³-hybridized carbons (Fsp3) is 0.333. The molecule has 0 atom stereocenters. The minimum Gasteiger partial charge on any atom is -0.397 e. The van der Waals surface area contributed by atoms with E-state index in [0.29, 0.717) is 0 Å². The molecular weight excluding hydrogens is 138 g/mol. The van der Waals surface area contributed by atoms with Crippen LogP contribution in [-0.2, 0) is 0 Å². The van der Waals surface area contributed by atoms with Gasteiger partial charge in [-0.2, -0.15) is 0 Å². The molecule has 0 amide bonds. The minimum atomic E-state index is 0. The summed E-state index contributed by atoms with van der Waals surface area (Å²) in [5.41, 5.74) is 1.32. The molecule has 0 aliphatic carbocycles. The Hall–Kier alpha value is -0.860. The van der Waals surface area contributed by atoms with Crippen molar-refractivity contribution in [2.45, 2.75) is 13.8 Å². The van der Waals surface area contributed by atoms with Crippen LogP contribution in [0.25, 0.3) is 0 Å². The number of hydrogen-bond acceptors (Lipinski definition) is 2. The summed E-state index contributed by atoms with van der Waals surface area (Å²) in [7, 11) is 0. The second-order valence-corrected chi connectivity index (χ2v) is 1.97. The van der Waals surface area contributed by atoms with Crippen molar-refractivity contribution in [1.82, 2.24) is 6.15 Å². The average Bonchev–Trinajstić information content (AvgIpc) is 1.91. The number of aliphatic hydroxyl groups excluding tert-OH is 1. The molecule has 11 heavy (non-hydrogen) atoms. The summed E-state index contributed by atoms with van der Waals surface area (Å²) in [5, 5.41) is 7.57. The molecule has 0 fully saturated rings. The molecule has 0 heterocycles. The monoisotopic (exact) mass is 155 g/mol. The van der Waals surface area contributed by atoms with Gasteiger partial charge in [0.1, 0.15) is 0 Å². The fourth-order valence-electron chi connectivity index (χ4n) is 0.534. The zero-order valence-corrected chi connectivity index (χ0v) is 7.25. The lowest BCUT2D eigenvalue weighted by Gasteiger charge is -1.82. The van der Waals surface area contributed by atoms with Gasteiger partial charge in [0, 0.05) is 6.61 Å². The maximum atomic E-state index is 7.57. The van der Waals surface area contributed by atoms with E-state index in [4.69, 9.17) is 5.11 Å². The van der Waals surface area contributed by atoms with Gasteiger partial charge in [0.05, 0.1) is 0 Å². The first-order valence-corrected chi connectivity index (χ1v) is 3.43. The summed E-state index contributed by atoms with van der Waals surface area (Å²) in [6.45, 7) is 4.01. The highest BCUT2D eigenvalue weighted by Gasteiger charge is 1.72. The Morgan fingerprint density at radius 1 is 1.18 bits per heavy atom. The van der Waals surface area contributed by atoms with E-state index in [1.165, 1.54) is 5.56 Å². The van der Waals surface area contributed by atoms with Gasteiger partial charge < -0.3 is 11.3 Å². The molecule has 0 aliphatic rings.